The maximum atomic E-state index is 11.5. The molecule has 5 nitrogen and oxygen atoms in total. The minimum atomic E-state index is -0.172. The van der Waals surface area contributed by atoms with Crippen LogP contribution in [0.4, 0.5) is 0 Å². The van der Waals surface area contributed by atoms with Gasteiger partial charge in [-0.15, -0.1) is 4.99 Å². The molecular weight excluding hydrogens is 212 g/mol. The van der Waals surface area contributed by atoms with Crippen molar-refractivity contribution in [2.75, 3.05) is 19.8 Å². The zero-order valence-electron chi connectivity index (χ0n) is 8.86. The normalized spacial score (nSPS) is 21.3. The predicted octanol–water partition coefficient (Wildman–Crippen LogP) is 0.397. The van der Waals surface area contributed by atoms with Crippen molar-refractivity contribution in [1.82, 2.24) is 10.2 Å². The summed E-state index contributed by atoms with van der Waals surface area (Å²) < 4.78 is 0. The van der Waals surface area contributed by atoms with E-state index < -0.39 is 0 Å². The third-order valence-corrected chi connectivity index (χ3v) is 3.07. The first-order chi connectivity index (χ1) is 7.24. The molecule has 82 valence electrons. The summed E-state index contributed by atoms with van der Waals surface area (Å²) >= 11 is 1.40. The number of likely N-dealkylation sites (N-methyl/N-ethyl adjacent to an activating group) is 1. The van der Waals surface area contributed by atoms with E-state index in [1.165, 1.54) is 11.8 Å². The molecule has 1 N–H and O–H groups in total. The van der Waals surface area contributed by atoms with Gasteiger partial charge in [0, 0.05) is 13.6 Å². The monoisotopic (exact) mass is 226 g/mol. The number of amidine groups is 1. The van der Waals surface area contributed by atoms with E-state index in [0.717, 1.165) is 19.4 Å². The molecule has 6 heteroatoms. The molecule has 0 aromatic heterocycles. The molecule has 0 aliphatic carbocycles. The SMILES string of the molecule is CNC(=O)C1CCCN1C(=NC#N)SC. The molecule has 0 aromatic rings. The number of likely N-dealkylation sites (tertiary alicyclic amines) is 1. The fraction of sp³-hybridized carbons (Fsp3) is 0.667. The number of nitrogens with one attached hydrogen (secondary N) is 1. The van der Waals surface area contributed by atoms with Crippen molar-refractivity contribution in [3.05, 3.63) is 0 Å². The van der Waals surface area contributed by atoms with Gasteiger partial charge in [0.25, 0.3) is 0 Å². The van der Waals surface area contributed by atoms with Gasteiger partial charge >= 0.3 is 0 Å². The van der Waals surface area contributed by atoms with Crippen LogP contribution in [0.5, 0.6) is 0 Å². The van der Waals surface area contributed by atoms with Gasteiger partial charge in [-0.25, -0.2) is 0 Å². The zero-order chi connectivity index (χ0) is 11.3. The number of carbonyl (C=O) groups is 1. The van der Waals surface area contributed by atoms with E-state index in [1.807, 2.05) is 11.2 Å². The molecule has 1 unspecified atom stereocenters. The van der Waals surface area contributed by atoms with E-state index >= 15 is 0 Å². The van der Waals surface area contributed by atoms with Crippen LogP contribution in [0.1, 0.15) is 12.8 Å². The van der Waals surface area contributed by atoms with Gasteiger partial charge in [-0.3, -0.25) is 4.79 Å². The second-order valence-electron chi connectivity index (χ2n) is 3.16. The third kappa shape index (κ3) is 2.63. The maximum absolute atomic E-state index is 11.5. The average molecular weight is 226 g/mol. The summed E-state index contributed by atoms with van der Waals surface area (Å²) in [5, 5.41) is 11.8. The Hall–Kier alpha value is -1.22. The van der Waals surface area contributed by atoms with E-state index in [0.29, 0.717) is 5.17 Å². The van der Waals surface area contributed by atoms with Gasteiger partial charge in [0.05, 0.1) is 0 Å². The molecule has 0 aromatic carbocycles. The van der Waals surface area contributed by atoms with E-state index in [4.69, 9.17) is 5.26 Å². The van der Waals surface area contributed by atoms with Gasteiger partial charge in [-0.05, 0) is 19.1 Å². The molecule has 1 aliphatic rings. The molecule has 1 fully saturated rings. The Kier molecular flexibility index (Phi) is 4.43. The summed E-state index contributed by atoms with van der Waals surface area (Å²) in [6.07, 6.45) is 5.41. The summed E-state index contributed by atoms with van der Waals surface area (Å²) in [6.45, 7) is 0.791. The Balaban J connectivity index is 2.80. The van der Waals surface area contributed by atoms with Crippen LogP contribution in [-0.2, 0) is 4.79 Å². The lowest BCUT2D eigenvalue weighted by molar-refractivity contribution is -0.123. The van der Waals surface area contributed by atoms with Crippen LogP contribution in [0.3, 0.4) is 0 Å². The smallest absolute Gasteiger partial charge is 0.242 e. The Bertz CT molecular complexity index is 310. The second-order valence-corrected chi connectivity index (χ2v) is 3.94. The highest BCUT2D eigenvalue weighted by molar-refractivity contribution is 8.13. The highest BCUT2D eigenvalue weighted by Gasteiger charge is 2.32. The van der Waals surface area contributed by atoms with Crippen molar-refractivity contribution in [3.63, 3.8) is 0 Å². The lowest BCUT2D eigenvalue weighted by Gasteiger charge is -2.24. The number of aliphatic imine (C=N–C) groups is 1. The van der Waals surface area contributed by atoms with Crippen LogP contribution in [0.15, 0.2) is 4.99 Å². The minimum Gasteiger partial charge on any atom is -0.357 e. The first-order valence-electron chi connectivity index (χ1n) is 4.73. The van der Waals surface area contributed by atoms with Crippen molar-refractivity contribution >= 4 is 22.8 Å². The van der Waals surface area contributed by atoms with Gasteiger partial charge in [0.15, 0.2) is 5.17 Å². The Morgan fingerprint density at radius 1 is 1.73 bits per heavy atom. The van der Waals surface area contributed by atoms with Gasteiger partial charge < -0.3 is 10.2 Å². The summed E-state index contributed by atoms with van der Waals surface area (Å²) in [5.74, 6) is -0.00723. The summed E-state index contributed by atoms with van der Waals surface area (Å²) in [5.41, 5.74) is 0. The minimum absolute atomic E-state index is 0.00723. The quantitative estimate of drug-likeness (QED) is 0.399. The number of nitriles is 1. The first-order valence-corrected chi connectivity index (χ1v) is 5.96. The highest BCUT2D eigenvalue weighted by atomic mass is 32.2. The molecule has 0 radical (unpaired) electrons. The van der Waals surface area contributed by atoms with Crippen LogP contribution < -0.4 is 5.32 Å². The Morgan fingerprint density at radius 3 is 3.00 bits per heavy atom. The van der Waals surface area contributed by atoms with Gasteiger partial charge in [-0.2, -0.15) is 5.26 Å². The van der Waals surface area contributed by atoms with E-state index in [9.17, 15) is 4.79 Å². The molecular formula is C9H14N4OS. The standard InChI is InChI=1S/C9H14N4OS/c1-11-8(14)7-4-3-5-13(7)9(15-2)12-6-10/h7H,3-5H2,1-2H3,(H,11,14). The molecule has 0 bridgehead atoms. The lowest BCUT2D eigenvalue weighted by atomic mass is 10.2. The highest BCUT2D eigenvalue weighted by Crippen LogP contribution is 2.21. The number of thioether (sulfide) groups is 1. The van der Waals surface area contributed by atoms with Crippen LogP contribution in [0.25, 0.3) is 0 Å². The van der Waals surface area contributed by atoms with Crippen LogP contribution in [-0.4, -0.2) is 41.9 Å². The summed E-state index contributed by atoms with van der Waals surface area (Å²) in [4.78, 5) is 17.2. The van der Waals surface area contributed by atoms with Crippen LogP contribution in [0.2, 0.25) is 0 Å². The number of hydrogen-bond acceptors (Lipinski definition) is 4. The van der Waals surface area contributed by atoms with Gasteiger partial charge in [-0.1, -0.05) is 11.8 Å². The lowest BCUT2D eigenvalue weighted by Crippen LogP contribution is -2.43. The first kappa shape index (κ1) is 11.9. The fourth-order valence-electron chi connectivity index (χ4n) is 1.70. The number of rotatable bonds is 1. The second kappa shape index (κ2) is 5.61. The van der Waals surface area contributed by atoms with Crippen LogP contribution >= 0.6 is 11.8 Å². The molecule has 1 atom stereocenters. The van der Waals surface area contributed by atoms with E-state index in [2.05, 4.69) is 10.3 Å². The van der Waals surface area contributed by atoms with Crippen molar-refractivity contribution in [2.24, 2.45) is 4.99 Å². The molecule has 0 saturated carbocycles. The number of amides is 1. The molecule has 1 aliphatic heterocycles. The Labute approximate surface area is 93.5 Å². The van der Waals surface area contributed by atoms with Crippen LogP contribution in [0, 0.1) is 11.5 Å². The van der Waals surface area contributed by atoms with Gasteiger partial charge in [0.2, 0.25) is 12.1 Å². The van der Waals surface area contributed by atoms with E-state index in [1.54, 1.807) is 13.2 Å². The van der Waals surface area contributed by atoms with Gasteiger partial charge in [0.1, 0.15) is 6.04 Å². The van der Waals surface area contributed by atoms with Crippen molar-refractivity contribution < 1.29 is 4.79 Å². The average Bonchev–Trinajstić information content (AvgIpc) is 2.73. The predicted molar refractivity (Wildman–Crippen MR) is 60.4 cm³/mol. The number of carbonyl (C=O) groups excluding carboxylic acids is 1. The number of nitrogens with zero attached hydrogens (tertiary/aromatic N) is 3. The van der Waals surface area contributed by atoms with Crippen molar-refractivity contribution in [2.45, 2.75) is 18.9 Å². The summed E-state index contributed by atoms with van der Waals surface area (Å²) in [6, 6.07) is -0.172. The van der Waals surface area contributed by atoms with Crippen molar-refractivity contribution in [1.29, 1.82) is 5.26 Å². The third-order valence-electron chi connectivity index (χ3n) is 2.38. The molecule has 1 amide bonds. The molecule has 15 heavy (non-hydrogen) atoms. The fourth-order valence-corrected chi connectivity index (χ4v) is 2.29. The zero-order valence-corrected chi connectivity index (χ0v) is 9.67. The molecule has 1 saturated heterocycles. The number of hydrogen-bond donors (Lipinski definition) is 1. The van der Waals surface area contributed by atoms with Crippen molar-refractivity contribution in [3.8, 4) is 6.19 Å². The molecule has 1 rings (SSSR count). The topological polar surface area (TPSA) is 68.5 Å². The maximum Gasteiger partial charge on any atom is 0.242 e. The molecule has 0 spiro atoms. The molecule has 1 heterocycles. The van der Waals surface area contributed by atoms with E-state index in [-0.39, 0.29) is 11.9 Å². The Morgan fingerprint density at radius 2 is 2.47 bits per heavy atom. The largest absolute Gasteiger partial charge is 0.357 e. The summed E-state index contributed by atoms with van der Waals surface area (Å²) in [7, 11) is 1.62.